The van der Waals surface area contributed by atoms with Gasteiger partial charge in [0.25, 0.3) is 0 Å². The van der Waals surface area contributed by atoms with Gasteiger partial charge in [0.1, 0.15) is 0 Å². The zero-order valence-electron chi connectivity index (χ0n) is 20.0. The highest BCUT2D eigenvalue weighted by molar-refractivity contribution is 5.26. The molecule has 4 heteroatoms. The number of hydrogen-bond acceptors (Lipinski definition) is 4. The van der Waals surface area contributed by atoms with Crippen LogP contribution in [0.2, 0.25) is 0 Å². The first-order valence-corrected chi connectivity index (χ1v) is 13.0. The highest BCUT2D eigenvalue weighted by atomic mass is 16.6. The smallest absolute Gasteiger partial charge is 0.168 e. The second kappa shape index (κ2) is 7.55. The van der Waals surface area contributed by atoms with Gasteiger partial charge < -0.3 is 20.1 Å². The van der Waals surface area contributed by atoms with Gasteiger partial charge in [-0.15, -0.1) is 0 Å². The van der Waals surface area contributed by atoms with Crippen LogP contribution in [0.1, 0.15) is 85.5 Å². The van der Waals surface area contributed by atoms with Gasteiger partial charge in [0.05, 0.1) is 12.2 Å². The molecule has 5 rings (SSSR count). The molecule has 3 unspecified atom stereocenters. The number of hydrogen-bond donors (Lipinski definition) is 3. The topological polar surface area (TPSA) is 69.9 Å². The van der Waals surface area contributed by atoms with E-state index >= 15 is 0 Å². The lowest BCUT2D eigenvalue weighted by Crippen LogP contribution is -2.51. The normalized spacial score (nSPS) is 54.4. The van der Waals surface area contributed by atoms with Crippen molar-refractivity contribution in [2.24, 2.45) is 46.3 Å². The van der Waals surface area contributed by atoms with Crippen LogP contribution in [0.25, 0.3) is 0 Å². The molecule has 1 saturated heterocycles. The molecular weight excluding hydrogens is 388 g/mol. The average Bonchev–Trinajstić information content (AvgIpc) is 3.17. The first kappa shape index (κ1) is 22.4. The Labute approximate surface area is 188 Å². The molecule has 4 fully saturated rings. The minimum Gasteiger partial charge on any atom is -0.396 e. The predicted molar refractivity (Wildman–Crippen MR) is 121 cm³/mol. The number of fused-ring (bicyclic) bond motifs is 7. The first-order valence-electron chi connectivity index (χ1n) is 13.0. The minimum absolute atomic E-state index is 0.143. The highest BCUT2D eigenvalue weighted by Gasteiger charge is 2.67. The molecule has 0 spiro atoms. The molecule has 0 aromatic heterocycles. The molecule has 0 amide bonds. The lowest BCUT2D eigenvalue weighted by Gasteiger charge is -2.58. The van der Waals surface area contributed by atoms with Gasteiger partial charge in [-0.2, -0.15) is 0 Å². The fourth-order valence-corrected chi connectivity index (χ4v) is 9.16. The number of aliphatic hydroxyl groups excluding tert-OH is 2. The van der Waals surface area contributed by atoms with Gasteiger partial charge in [-0.3, -0.25) is 0 Å². The van der Waals surface area contributed by atoms with Gasteiger partial charge in [-0.1, -0.05) is 39.3 Å². The van der Waals surface area contributed by atoms with Gasteiger partial charge in [-0.05, 0) is 91.8 Å². The molecule has 0 radical (unpaired) electrons. The summed E-state index contributed by atoms with van der Waals surface area (Å²) < 4.78 is 6.49. The van der Waals surface area contributed by atoms with Crippen molar-refractivity contribution < 1.29 is 20.1 Å². The third-order valence-electron chi connectivity index (χ3n) is 11.1. The molecule has 0 aromatic rings. The predicted octanol–water partition coefficient (Wildman–Crippen LogP) is 4.67. The van der Waals surface area contributed by atoms with Gasteiger partial charge in [0.15, 0.2) is 5.79 Å². The summed E-state index contributed by atoms with van der Waals surface area (Å²) in [6, 6.07) is 0. The molecule has 11 atom stereocenters. The molecule has 0 bridgehead atoms. The molecule has 3 saturated carbocycles. The number of ether oxygens (including phenoxy) is 1. The molecule has 3 N–H and O–H groups in total. The fraction of sp³-hybridized carbons (Fsp3) is 0.926. The van der Waals surface area contributed by atoms with Gasteiger partial charge >= 0.3 is 0 Å². The van der Waals surface area contributed by atoms with Gasteiger partial charge in [0.2, 0.25) is 0 Å². The van der Waals surface area contributed by atoms with E-state index in [1.807, 2.05) is 6.92 Å². The standard InChI is InChI=1S/C27H44O4/c1-16(15-28)7-12-27(30)17(2)24-23(31-27)14-22-20-6-5-18-13-19(29)8-10-25(18,3)21(20)9-11-26(22,24)4/h5,16-17,19-24,28-30H,6-15H2,1-4H3/t16?,17-,19?,20+,21-,22-,23-,24-,25-,26-,27?/m0/s1. The lowest BCUT2D eigenvalue weighted by molar-refractivity contribution is -0.220. The van der Waals surface area contributed by atoms with Crippen molar-refractivity contribution in [1.29, 1.82) is 0 Å². The van der Waals surface area contributed by atoms with E-state index in [0.717, 1.165) is 44.4 Å². The molecule has 4 nitrogen and oxygen atoms in total. The maximum Gasteiger partial charge on any atom is 0.168 e. The molecule has 4 aliphatic carbocycles. The fourth-order valence-electron chi connectivity index (χ4n) is 9.16. The van der Waals surface area contributed by atoms with Crippen LogP contribution in [0, 0.1) is 46.3 Å². The summed E-state index contributed by atoms with van der Waals surface area (Å²) in [4.78, 5) is 0. The Bertz CT molecular complexity index is 735. The number of aliphatic hydroxyl groups is 3. The Balaban J connectivity index is 1.37. The van der Waals surface area contributed by atoms with E-state index in [1.165, 1.54) is 18.4 Å². The molecule has 31 heavy (non-hydrogen) atoms. The van der Waals surface area contributed by atoms with Crippen LogP contribution in [0.3, 0.4) is 0 Å². The largest absolute Gasteiger partial charge is 0.396 e. The van der Waals surface area contributed by atoms with Crippen LogP contribution < -0.4 is 0 Å². The number of rotatable bonds is 4. The zero-order chi connectivity index (χ0) is 22.2. The summed E-state index contributed by atoms with van der Waals surface area (Å²) in [7, 11) is 0. The summed E-state index contributed by atoms with van der Waals surface area (Å²) in [5.74, 6) is 1.87. The van der Waals surface area contributed by atoms with Crippen molar-refractivity contribution in [3.05, 3.63) is 11.6 Å². The van der Waals surface area contributed by atoms with Crippen molar-refractivity contribution in [3.8, 4) is 0 Å². The molecular formula is C27H44O4. The van der Waals surface area contributed by atoms with Crippen molar-refractivity contribution in [3.63, 3.8) is 0 Å². The van der Waals surface area contributed by atoms with E-state index in [4.69, 9.17) is 4.74 Å². The van der Waals surface area contributed by atoms with Gasteiger partial charge in [0, 0.05) is 18.9 Å². The van der Waals surface area contributed by atoms with E-state index in [0.29, 0.717) is 24.2 Å². The van der Waals surface area contributed by atoms with Crippen LogP contribution in [0.5, 0.6) is 0 Å². The zero-order valence-corrected chi connectivity index (χ0v) is 20.0. The summed E-state index contributed by atoms with van der Waals surface area (Å²) in [6.45, 7) is 9.42. The van der Waals surface area contributed by atoms with Gasteiger partial charge in [-0.25, -0.2) is 0 Å². The van der Waals surface area contributed by atoms with Crippen LogP contribution >= 0.6 is 0 Å². The Hall–Kier alpha value is -0.420. The van der Waals surface area contributed by atoms with Crippen molar-refractivity contribution in [2.45, 2.75) is 103 Å². The SMILES string of the molecule is CC(CO)CCC1(O)O[C@H]2C[C@H]3[C@@H]4CC=C5CC(O)CC[C@]5(C)[C@H]4CC[C@]3(C)[C@H]2[C@@H]1C. The van der Waals surface area contributed by atoms with Crippen LogP contribution in [-0.4, -0.2) is 39.9 Å². The summed E-state index contributed by atoms with van der Waals surface area (Å²) >= 11 is 0. The van der Waals surface area contributed by atoms with E-state index in [9.17, 15) is 15.3 Å². The van der Waals surface area contributed by atoms with Crippen molar-refractivity contribution >= 4 is 0 Å². The Morgan fingerprint density at radius 1 is 1.19 bits per heavy atom. The first-order chi connectivity index (χ1) is 14.6. The highest BCUT2D eigenvalue weighted by Crippen LogP contribution is 2.70. The summed E-state index contributed by atoms with van der Waals surface area (Å²) in [5.41, 5.74) is 2.05. The molecule has 5 aliphatic rings. The maximum atomic E-state index is 11.4. The Morgan fingerprint density at radius 2 is 1.97 bits per heavy atom. The van der Waals surface area contributed by atoms with Crippen molar-refractivity contribution in [2.75, 3.05) is 6.61 Å². The maximum absolute atomic E-state index is 11.4. The summed E-state index contributed by atoms with van der Waals surface area (Å²) in [5, 5.41) is 31.1. The van der Waals surface area contributed by atoms with E-state index in [-0.39, 0.29) is 41.5 Å². The van der Waals surface area contributed by atoms with E-state index < -0.39 is 5.79 Å². The third-order valence-corrected chi connectivity index (χ3v) is 11.1. The van der Waals surface area contributed by atoms with E-state index in [1.54, 1.807) is 0 Å². The molecule has 1 heterocycles. The molecule has 176 valence electrons. The Kier molecular flexibility index (Phi) is 5.45. The van der Waals surface area contributed by atoms with Crippen molar-refractivity contribution in [1.82, 2.24) is 0 Å². The average molecular weight is 433 g/mol. The second-order valence-electron chi connectivity index (χ2n) is 12.6. The Morgan fingerprint density at radius 3 is 2.71 bits per heavy atom. The second-order valence-corrected chi connectivity index (χ2v) is 12.6. The van der Waals surface area contributed by atoms with Crippen LogP contribution in [0.15, 0.2) is 11.6 Å². The monoisotopic (exact) mass is 432 g/mol. The van der Waals surface area contributed by atoms with E-state index in [2.05, 4.69) is 26.8 Å². The number of allylic oxidation sites excluding steroid dienone is 1. The van der Waals surface area contributed by atoms with Crippen LogP contribution in [-0.2, 0) is 4.74 Å². The summed E-state index contributed by atoms with van der Waals surface area (Å²) in [6.07, 6.45) is 11.7. The van der Waals surface area contributed by atoms with Crippen LogP contribution in [0.4, 0.5) is 0 Å². The molecule has 0 aromatic carbocycles. The minimum atomic E-state index is -1.03. The quantitative estimate of drug-likeness (QED) is 0.565. The lowest BCUT2D eigenvalue weighted by atomic mass is 9.47. The third kappa shape index (κ3) is 3.22. The molecule has 1 aliphatic heterocycles.